The van der Waals surface area contributed by atoms with E-state index in [1.807, 2.05) is 18.2 Å². The Balaban J connectivity index is 4.06. The molecule has 0 rings (SSSR count). The van der Waals surface area contributed by atoms with Crippen molar-refractivity contribution in [1.82, 2.24) is 0 Å². The van der Waals surface area contributed by atoms with E-state index in [4.69, 9.17) is 18.5 Å². The van der Waals surface area contributed by atoms with Gasteiger partial charge in [0.15, 0.2) is 0 Å². The fourth-order valence-electron chi connectivity index (χ4n) is 5.16. The number of aliphatic hydroxyl groups is 2. The Hall–Kier alpha value is -2.85. The largest absolute Gasteiger partial charge is 0.472 e. The molecular weight excluding hydrogens is 731 g/mol. The highest BCUT2D eigenvalue weighted by molar-refractivity contribution is 7.47. The number of hydrogen-bond donors (Lipinski definition) is 3. The molecule has 0 heterocycles. The summed E-state index contributed by atoms with van der Waals surface area (Å²) in [6.07, 6.45) is 47.3. The summed E-state index contributed by atoms with van der Waals surface area (Å²) in [4.78, 5) is 34.4. The Bertz CT molecular complexity index is 1200. The molecule has 0 saturated carbocycles. The lowest BCUT2D eigenvalue weighted by molar-refractivity contribution is -0.153. The van der Waals surface area contributed by atoms with Crippen LogP contribution < -0.4 is 0 Å². The summed E-state index contributed by atoms with van der Waals surface area (Å²) in [5, 5.41) is 19.1. The predicted molar refractivity (Wildman–Crippen MR) is 228 cm³/mol. The van der Waals surface area contributed by atoms with E-state index in [9.17, 15) is 29.3 Å². The molecule has 320 valence electrons. The van der Waals surface area contributed by atoms with Gasteiger partial charge in [0, 0.05) is 6.42 Å². The maximum Gasteiger partial charge on any atom is 0.472 e. The molecular formula is C45H75O10P. The van der Waals surface area contributed by atoms with E-state index in [0.29, 0.717) is 12.8 Å². The average molecular weight is 807 g/mol. The van der Waals surface area contributed by atoms with Gasteiger partial charge < -0.3 is 24.6 Å². The SMILES string of the molecule is CC/C=C\C/C=C\C/C=C\C/C=C\C/C=C\CC(=O)OC(CO)COP(=O)(O)OCC(CO)OC(=O)CCCCCCCCC/C=C\C/C=C\CCCCCC. The van der Waals surface area contributed by atoms with Gasteiger partial charge in [0.1, 0.15) is 12.2 Å². The van der Waals surface area contributed by atoms with Crippen molar-refractivity contribution in [1.29, 1.82) is 0 Å². The minimum absolute atomic E-state index is 0.0448. The second-order valence-electron chi connectivity index (χ2n) is 13.6. The monoisotopic (exact) mass is 807 g/mol. The molecule has 0 aromatic carbocycles. The number of aliphatic hydroxyl groups excluding tert-OH is 2. The molecule has 3 N–H and O–H groups in total. The number of carbonyl (C=O) groups is 2. The van der Waals surface area contributed by atoms with Crippen molar-refractivity contribution in [3.05, 3.63) is 85.1 Å². The molecule has 0 aromatic heterocycles. The number of ether oxygens (including phenoxy) is 2. The molecule has 0 aromatic rings. The van der Waals surface area contributed by atoms with Crippen LogP contribution in [0, 0.1) is 0 Å². The first-order valence-corrected chi connectivity index (χ1v) is 22.5. The van der Waals surface area contributed by atoms with Crippen molar-refractivity contribution < 1.29 is 47.8 Å². The van der Waals surface area contributed by atoms with E-state index < -0.39 is 58.4 Å². The van der Waals surface area contributed by atoms with Crippen LogP contribution in [0.3, 0.4) is 0 Å². The van der Waals surface area contributed by atoms with Crippen LogP contribution in [-0.4, -0.2) is 65.7 Å². The zero-order chi connectivity index (χ0) is 41.2. The fraction of sp³-hybridized carbons (Fsp3) is 0.644. The summed E-state index contributed by atoms with van der Waals surface area (Å²) in [6, 6.07) is 0. The highest BCUT2D eigenvalue weighted by atomic mass is 31.2. The van der Waals surface area contributed by atoms with Crippen molar-refractivity contribution in [2.75, 3.05) is 26.4 Å². The Labute approximate surface area is 339 Å². The highest BCUT2D eigenvalue weighted by Crippen LogP contribution is 2.43. The minimum atomic E-state index is -4.67. The molecule has 0 amide bonds. The lowest BCUT2D eigenvalue weighted by Gasteiger charge is -2.20. The molecule has 0 fully saturated rings. The van der Waals surface area contributed by atoms with Crippen LogP contribution in [0.1, 0.15) is 149 Å². The summed E-state index contributed by atoms with van der Waals surface area (Å²) < 4.78 is 32.4. The third-order valence-electron chi connectivity index (χ3n) is 8.37. The van der Waals surface area contributed by atoms with Crippen LogP contribution in [-0.2, 0) is 32.7 Å². The number of hydrogen-bond acceptors (Lipinski definition) is 9. The minimum Gasteiger partial charge on any atom is -0.457 e. The smallest absolute Gasteiger partial charge is 0.457 e. The molecule has 0 aliphatic carbocycles. The van der Waals surface area contributed by atoms with Crippen LogP contribution in [0.5, 0.6) is 0 Å². The zero-order valence-electron chi connectivity index (χ0n) is 34.6. The second kappa shape index (κ2) is 40.4. The number of allylic oxidation sites excluding steroid dienone is 13. The lowest BCUT2D eigenvalue weighted by atomic mass is 10.1. The summed E-state index contributed by atoms with van der Waals surface area (Å²) in [7, 11) is -4.67. The molecule has 0 bridgehead atoms. The second-order valence-corrected chi connectivity index (χ2v) is 15.1. The third-order valence-corrected chi connectivity index (χ3v) is 9.33. The van der Waals surface area contributed by atoms with Gasteiger partial charge in [0.2, 0.25) is 0 Å². The predicted octanol–water partition coefficient (Wildman–Crippen LogP) is 11.1. The van der Waals surface area contributed by atoms with Crippen LogP contribution >= 0.6 is 7.82 Å². The fourth-order valence-corrected chi connectivity index (χ4v) is 5.94. The topological polar surface area (TPSA) is 149 Å². The Morgan fingerprint density at radius 1 is 0.518 bits per heavy atom. The van der Waals surface area contributed by atoms with Crippen molar-refractivity contribution in [2.24, 2.45) is 0 Å². The first-order valence-electron chi connectivity index (χ1n) is 21.0. The van der Waals surface area contributed by atoms with E-state index in [1.54, 1.807) is 6.08 Å². The van der Waals surface area contributed by atoms with Crippen LogP contribution in [0.15, 0.2) is 85.1 Å². The van der Waals surface area contributed by atoms with Gasteiger partial charge >= 0.3 is 19.8 Å². The van der Waals surface area contributed by atoms with Crippen LogP contribution in [0.25, 0.3) is 0 Å². The van der Waals surface area contributed by atoms with Crippen molar-refractivity contribution in [3.63, 3.8) is 0 Å². The van der Waals surface area contributed by atoms with Gasteiger partial charge in [0.05, 0.1) is 32.8 Å². The number of rotatable bonds is 38. The number of unbranched alkanes of at least 4 members (excludes halogenated alkanes) is 11. The summed E-state index contributed by atoms with van der Waals surface area (Å²) in [5.41, 5.74) is 0. The molecule has 0 aliphatic rings. The maximum atomic E-state index is 12.3. The van der Waals surface area contributed by atoms with E-state index in [-0.39, 0.29) is 12.8 Å². The first-order chi connectivity index (χ1) is 27.3. The molecule has 56 heavy (non-hydrogen) atoms. The zero-order valence-corrected chi connectivity index (χ0v) is 35.5. The quantitative estimate of drug-likeness (QED) is 0.0238. The number of carbonyl (C=O) groups excluding carboxylic acids is 2. The van der Waals surface area contributed by atoms with Crippen LogP contribution in [0.2, 0.25) is 0 Å². The van der Waals surface area contributed by atoms with Crippen molar-refractivity contribution in [2.45, 2.75) is 161 Å². The van der Waals surface area contributed by atoms with Gasteiger partial charge in [0.25, 0.3) is 0 Å². The first kappa shape index (κ1) is 53.1. The van der Waals surface area contributed by atoms with Gasteiger partial charge in [-0.3, -0.25) is 18.6 Å². The Morgan fingerprint density at radius 3 is 1.38 bits per heavy atom. The Kier molecular flexibility index (Phi) is 38.3. The van der Waals surface area contributed by atoms with Gasteiger partial charge in [-0.1, -0.05) is 150 Å². The molecule has 3 atom stereocenters. The number of esters is 2. The average Bonchev–Trinajstić information content (AvgIpc) is 3.19. The molecule has 0 spiro atoms. The third kappa shape index (κ3) is 38.0. The standard InChI is InChI=1S/C45H75O10P/c1-3-5-7-9-11-13-15-17-19-20-21-23-25-27-29-31-33-35-37-45(49)55-43(39-47)41-53-56(50,51)52-40-42(38-46)54-44(48)36-34-32-30-28-26-24-22-18-16-14-12-10-8-6-4-2/h6,8,12-15,18-20,22,26,28,32,34,42-43,46-47H,3-5,7,9-11,16-17,21,23-25,27,29-31,33,35-41H2,1-2H3,(H,50,51)/b8-6-,14-12-,15-13-,20-19-,22-18-,28-26-,34-32-. The van der Waals surface area contributed by atoms with E-state index in [0.717, 1.165) is 64.2 Å². The Morgan fingerprint density at radius 2 is 0.911 bits per heavy atom. The summed E-state index contributed by atoms with van der Waals surface area (Å²) in [6.45, 7) is 1.93. The van der Waals surface area contributed by atoms with E-state index in [1.165, 1.54) is 44.9 Å². The maximum absolute atomic E-state index is 12.3. The van der Waals surface area contributed by atoms with E-state index in [2.05, 4.69) is 74.6 Å². The van der Waals surface area contributed by atoms with Crippen molar-refractivity contribution >= 4 is 19.8 Å². The van der Waals surface area contributed by atoms with Gasteiger partial charge in [-0.2, -0.15) is 0 Å². The number of phosphoric acid groups is 1. The molecule has 11 heteroatoms. The molecule has 0 aliphatic heterocycles. The molecule has 0 radical (unpaired) electrons. The van der Waals surface area contributed by atoms with E-state index >= 15 is 0 Å². The lowest BCUT2D eigenvalue weighted by Crippen LogP contribution is -2.28. The van der Waals surface area contributed by atoms with Crippen molar-refractivity contribution in [3.8, 4) is 0 Å². The summed E-state index contributed by atoms with van der Waals surface area (Å²) >= 11 is 0. The normalized spacial score (nSPS) is 14.7. The van der Waals surface area contributed by atoms with Gasteiger partial charge in [-0.25, -0.2) is 4.57 Å². The van der Waals surface area contributed by atoms with Gasteiger partial charge in [-0.05, 0) is 70.6 Å². The summed E-state index contributed by atoms with van der Waals surface area (Å²) in [5.74, 6) is -1.17. The number of phosphoric ester groups is 1. The molecule has 10 nitrogen and oxygen atoms in total. The van der Waals surface area contributed by atoms with Gasteiger partial charge in [-0.15, -0.1) is 0 Å². The molecule has 3 unspecified atom stereocenters. The van der Waals surface area contributed by atoms with Crippen LogP contribution in [0.4, 0.5) is 0 Å². The highest BCUT2D eigenvalue weighted by Gasteiger charge is 2.27. The molecule has 0 saturated heterocycles.